The Morgan fingerprint density at radius 1 is 1.31 bits per heavy atom. The van der Waals surface area contributed by atoms with Crippen molar-refractivity contribution >= 4 is 29.1 Å². The van der Waals surface area contributed by atoms with Gasteiger partial charge in [0.1, 0.15) is 17.7 Å². The molecule has 1 saturated heterocycles. The molecule has 29 heavy (non-hydrogen) atoms. The van der Waals surface area contributed by atoms with Crippen LogP contribution in [0.5, 0.6) is 5.75 Å². The van der Waals surface area contributed by atoms with Crippen LogP contribution in [-0.4, -0.2) is 35.8 Å². The van der Waals surface area contributed by atoms with Crippen LogP contribution in [0.15, 0.2) is 63.6 Å². The highest BCUT2D eigenvalue weighted by Crippen LogP contribution is 2.22. The number of likely N-dealkylation sites (tertiary alicyclic amines) is 1. The average molecular weight is 410 g/mol. The second-order valence-electron chi connectivity index (χ2n) is 6.94. The molecule has 1 fully saturated rings. The summed E-state index contributed by atoms with van der Waals surface area (Å²) in [6.07, 6.45) is 7.76. The molecule has 2 amide bonds. The van der Waals surface area contributed by atoms with Gasteiger partial charge >= 0.3 is 6.03 Å². The maximum Gasteiger partial charge on any atom is 0.321 e. The Balaban J connectivity index is 1.28. The van der Waals surface area contributed by atoms with Crippen LogP contribution in [0.3, 0.4) is 0 Å². The quantitative estimate of drug-likeness (QED) is 0.617. The molecule has 3 heterocycles. The van der Waals surface area contributed by atoms with E-state index in [0.717, 1.165) is 30.6 Å². The summed E-state index contributed by atoms with van der Waals surface area (Å²) in [5, 5.41) is 10.6. The summed E-state index contributed by atoms with van der Waals surface area (Å²) < 4.78 is 10.6. The summed E-state index contributed by atoms with van der Waals surface area (Å²) in [5.41, 5.74) is 4.37. The highest BCUT2D eigenvalue weighted by molar-refractivity contribution is 7.07. The molecular weight excluding hydrogens is 386 g/mol. The number of aromatic nitrogens is 1. The van der Waals surface area contributed by atoms with Gasteiger partial charge in [-0.1, -0.05) is 28.9 Å². The Morgan fingerprint density at radius 2 is 2.21 bits per heavy atom. The van der Waals surface area contributed by atoms with E-state index in [4.69, 9.17) is 9.26 Å². The van der Waals surface area contributed by atoms with E-state index in [2.05, 4.69) is 45.5 Å². The molecule has 0 unspecified atom stereocenters. The van der Waals surface area contributed by atoms with Crippen molar-refractivity contribution in [2.75, 3.05) is 25.0 Å². The molecule has 7 heteroatoms. The van der Waals surface area contributed by atoms with Crippen LogP contribution < -0.4 is 10.1 Å². The summed E-state index contributed by atoms with van der Waals surface area (Å²) in [7, 11) is 0. The van der Waals surface area contributed by atoms with E-state index in [1.54, 1.807) is 11.3 Å². The van der Waals surface area contributed by atoms with Crippen LogP contribution in [0, 0.1) is 0 Å². The summed E-state index contributed by atoms with van der Waals surface area (Å²) >= 11 is 1.71. The lowest BCUT2D eigenvalue weighted by molar-refractivity contribution is 0.208. The van der Waals surface area contributed by atoms with E-state index in [9.17, 15) is 4.79 Å². The van der Waals surface area contributed by atoms with Crippen LogP contribution in [0.1, 0.15) is 24.0 Å². The van der Waals surface area contributed by atoms with Gasteiger partial charge in [0.15, 0.2) is 0 Å². The van der Waals surface area contributed by atoms with Gasteiger partial charge in [-0.3, -0.25) is 0 Å². The molecule has 1 N–H and O–H groups in total. The smallest absolute Gasteiger partial charge is 0.321 e. The number of benzene rings is 1. The summed E-state index contributed by atoms with van der Waals surface area (Å²) in [5.74, 6) is 0.889. The van der Waals surface area contributed by atoms with Crippen molar-refractivity contribution in [2.24, 2.45) is 0 Å². The third kappa shape index (κ3) is 5.48. The predicted molar refractivity (Wildman–Crippen MR) is 114 cm³/mol. The molecule has 1 aromatic carbocycles. The first-order chi connectivity index (χ1) is 14.3. The number of piperidine rings is 1. The highest BCUT2D eigenvalue weighted by Gasteiger charge is 2.19. The lowest BCUT2D eigenvalue weighted by Gasteiger charge is -2.28. The van der Waals surface area contributed by atoms with Crippen LogP contribution in [-0.2, 0) is 6.42 Å². The number of ether oxygens (including phenoxy) is 1. The standard InChI is InChI=1S/C22H23N3O3S/c26-22(24-20-14-23-28-15-20)25-8-4-17(5-9-25)12-19-2-1-3-21(13-19)27-10-6-18-7-11-29-16-18/h1-3,7,11-16H,4-6,8-10H2,(H,24,26). The Hall–Kier alpha value is -3.06. The fraction of sp³-hybridized carbons (Fsp3) is 0.273. The third-order valence-electron chi connectivity index (χ3n) is 4.84. The minimum atomic E-state index is -0.117. The topological polar surface area (TPSA) is 67.6 Å². The Labute approximate surface area is 173 Å². The number of thiophene rings is 1. The predicted octanol–water partition coefficient (Wildman–Crippen LogP) is 5.07. The van der Waals surface area contributed by atoms with Crippen molar-refractivity contribution in [1.82, 2.24) is 10.1 Å². The number of amides is 2. The van der Waals surface area contributed by atoms with Crippen molar-refractivity contribution in [3.8, 4) is 5.75 Å². The van der Waals surface area contributed by atoms with Crippen molar-refractivity contribution in [3.63, 3.8) is 0 Å². The summed E-state index contributed by atoms with van der Waals surface area (Å²) in [6.45, 7) is 2.06. The number of hydrogen-bond acceptors (Lipinski definition) is 5. The van der Waals surface area contributed by atoms with E-state index in [0.29, 0.717) is 25.4 Å². The number of nitrogens with zero attached hydrogens (tertiary/aromatic N) is 2. The van der Waals surface area contributed by atoms with Crippen molar-refractivity contribution in [2.45, 2.75) is 19.3 Å². The molecule has 2 aromatic heterocycles. The number of rotatable bonds is 6. The second kappa shape index (κ2) is 9.43. The molecule has 6 nitrogen and oxygen atoms in total. The van der Waals surface area contributed by atoms with Gasteiger partial charge in [-0.25, -0.2) is 4.79 Å². The largest absolute Gasteiger partial charge is 0.493 e. The first-order valence-corrected chi connectivity index (χ1v) is 10.6. The molecule has 150 valence electrons. The number of anilines is 1. The Kier molecular flexibility index (Phi) is 6.26. The summed E-state index contributed by atoms with van der Waals surface area (Å²) in [4.78, 5) is 14.1. The lowest BCUT2D eigenvalue weighted by atomic mass is 10.0. The van der Waals surface area contributed by atoms with Gasteiger partial charge in [-0.05, 0) is 52.9 Å². The monoisotopic (exact) mass is 409 g/mol. The Morgan fingerprint density at radius 3 is 2.97 bits per heavy atom. The zero-order valence-electron chi connectivity index (χ0n) is 16.0. The second-order valence-corrected chi connectivity index (χ2v) is 7.72. The number of nitrogens with one attached hydrogen (secondary N) is 1. The third-order valence-corrected chi connectivity index (χ3v) is 5.58. The Bertz CT molecular complexity index is 942. The average Bonchev–Trinajstić information content (AvgIpc) is 3.43. The SMILES string of the molecule is O=C(Nc1cnoc1)N1CCC(=Cc2cccc(OCCc3ccsc3)c2)CC1. The van der Waals surface area contributed by atoms with Crippen molar-refractivity contribution < 1.29 is 14.1 Å². The molecule has 0 radical (unpaired) electrons. The number of hydrogen-bond donors (Lipinski definition) is 1. The van der Waals surface area contributed by atoms with Crippen LogP contribution in [0.4, 0.5) is 10.5 Å². The molecule has 1 aliphatic rings. The van der Waals surface area contributed by atoms with E-state index >= 15 is 0 Å². The highest BCUT2D eigenvalue weighted by atomic mass is 32.1. The van der Waals surface area contributed by atoms with E-state index < -0.39 is 0 Å². The zero-order chi connectivity index (χ0) is 19.9. The van der Waals surface area contributed by atoms with Crippen molar-refractivity contribution in [1.29, 1.82) is 0 Å². The zero-order valence-corrected chi connectivity index (χ0v) is 16.9. The minimum absolute atomic E-state index is 0.117. The maximum atomic E-state index is 12.3. The van der Waals surface area contributed by atoms with Gasteiger partial charge in [-0.2, -0.15) is 11.3 Å². The molecule has 0 bridgehead atoms. The lowest BCUT2D eigenvalue weighted by Crippen LogP contribution is -2.39. The molecule has 0 spiro atoms. The number of carbonyl (C=O) groups excluding carboxylic acids is 1. The number of carbonyl (C=O) groups is 1. The fourth-order valence-corrected chi connectivity index (χ4v) is 3.97. The van der Waals surface area contributed by atoms with Gasteiger partial charge in [0, 0.05) is 19.5 Å². The molecule has 0 aliphatic carbocycles. The van der Waals surface area contributed by atoms with Crippen LogP contribution in [0.2, 0.25) is 0 Å². The van der Waals surface area contributed by atoms with Crippen LogP contribution >= 0.6 is 11.3 Å². The minimum Gasteiger partial charge on any atom is -0.493 e. The molecule has 0 atom stereocenters. The van der Waals surface area contributed by atoms with Gasteiger partial charge in [0.05, 0.1) is 12.8 Å². The number of urea groups is 1. The van der Waals surface area contributed by atoms with E-state index in [-0.39, 0.29) is 6.03 Å². The molecule has 1 aliphatic heterocycles. The van der Waals surface area contributed by atoms with E-state index in [1.807, 2.05) is 17.0 Å². The first kappa shape index (κ1) is 19.3. The van der Waals surface area contributed by atoms with Crippen molar-refractivity contribution in [3.05, 3.63) is 70.3 Å². The maximum absolute atomic E-state index is 12.3. The van der Waals surface area contributed by atoms with E-state index in [1.165, 1.54) is 23.6 Å². The molecule has 3 aromatic rings. The first-order valence-electron chi connectivity index (χ1n) is 9.65. The van der Waals surface area contributed by atoms with Gasteiger partial charge in [-0.15, -0.1) is 0 Å². The van der Waals surface area contributed by atoms with Gasteiger partial charge in [0.2, 0.25) is 0 Å². The van der Waals surface area contributed by atoms with Crippen LogP contribution in [0.25, 0.3) is 6.08 Å². The fourth-order valence-electron chi connectivity index (χ4n) is 3.26. The molecule has 4 rings (SSSR count). The van der Waals surface area contributed by atoms with Gasteiger partial charge in [0.25, 0.3) is 0 Å². The molecule has 0 saturated carbocycles. The molecular formula is C22H23N3O3S. The van der Waals surface area contributed by atoms with Gasteiger partial charge < -0.3 is 19.5 Å². The normalized spacial score (nSPS) is 13.9. The summed E-state index contributed by atoms with van der Waals surface area (Å²) in [6, 6.07) is 10.2.